The Labute approximate surface area is 766 Å². The Morgan fingerprint density at radius 3 is 1.99 bits per heavy atom. The molecule has 7 heterocycles. The van der Waals surface area contributed by atoms with Gasteiger partial charge in [0.15, 0.2) is 11.4 Å². The van der Waals surface area contributed by atoms with E-state index in [1.54, 1.807) is 55.6 Å². The highest BCUT2D eigenvalue weighted by atomic mass is 16.6. The Morgan fingerprint density at radius 2 is 1.34 bits per heavy atom. The van der Waals surface area contributed by atoms with Crippen molar-refractivity contribution >= 4 is 74.7 Å². The summed E-state index contributed by atoms with van der Waals surface area (Å²) in [6.45, 7) is 15.8. The van der Waals surface area contributed by atoms with E-state index in [1.807, 2.05) is 56.5 Å². The first-order valence-electron chi connectivity index (χ1n) is 46.3. The van der Waals surface area contributed by atoms with Crippen molar-refractivity contribution in [3.8, 4) is 17.1 Å². The number of esters is 1. The van der Waals surface area contributed by atoms with Crippen LogP contribution in [0.15, 0.2) is 84.4 Å². The lowest BCUT2D eigenvalue weighted by molar-refractivity contribution is -0.245. The number of carbonyl (C=O) groups excluding carboxylic acids is 8. The molecule has 0 spiro atoms. The van der Waals surface area contributed by atoms with Crippen LogP contribution in [0.4, 0.5) is 5.82 Å². The Kier molecular flexibility index (Phi) is 45.1. The number of Topliss-reactive ketones (excluding diaryl/α,β-unsaturated/α-hetero) is 3. The van der Waals surface area contributed by atoms with Crippen LogP contribution in [0.5, 0.6) is 5.75 Å². The maximum atomic E-state index is 14.7. The number of piperidine rings is 1. The number of aliphatic hydroxyl groups is 3. The summed E-state index contributed by atoms with van der Waals surface area (Å²) in [6.07, 6.45) is 15.3. The predicted octanol–water partition coefficient (Wildman–Crippen LogP) is 6.08. The van der Waals surface area contributed by atoms with Gasteiger partial charge in [0.05, 0.1) is 147 Å². The molecule has 38 nitrogen and oxygen atoms in total. The van der Waals surface area contributed by atoms with Gasteiger partial charge < -0.3 is 115 Å². The molecular weight excluding hydrogens is 1700 g/mol. The van der Waals surface area contributed by atoms with Crippen LogP contribution in [-0.4, -0.2) is 313 Å². The summed E-state index contributed by atoms with van der Waals surface area (Å²) in [4.78, 5) is 122. The number of allylic oxidation sites excluding steroid dienone is 6. The number of fused-ring (bicyclic) bond motifs is 5. The molecule has 5 aromatic rings. The molecular formula is C93H140N14O24. The molecule has 3 aliphatic heterocycles. The Bertz CT molecular complexity index is 4530. The maximum Gasteiger partial charge on any atom is 0.329 e. The van der Waals surface area contributed by atoms with Crippen LogP contribution in [0.25, 0.3) is 33.3 Å². The first kappa shape index (κ1) is 105. The van der Waals surface area contributed by atoms with Crippen LogP contribution < -0.4 is 27.4 Å². The Hall–Kier alpha value is -9.23. The van der Waals surface area contributed by atoms with Gasteiger partial charge in [0.25, 0.3) is 11.7 Å². The standard InChI is InChI=1S/C93H140N14O24/c1-61-17-9-8-10-18-62(2)77(120-6)57-70-20-16-29-93(119,131-70)88(116)91(117)105-33-13-11-21-75(105)92(118)130-78(58-76(109)63(3)52-65(5)86(114)87(115)85(113)64(4)51-61)71(94)53-66-23-26-74(79(54-66)121-7)107-59-68(102-104-107)19-15-22-80(110)97-31-37-124-41-45-128-49-48-127-44-40-123-36-28-82(112)98-32-38-125-42-46-129-50-47-126-43-39-122-35-27-81(111)96-30-12-14-34-106-90-83(89(95)99-60-100-90)84(103-106)73-56-67-55-69(108)24-25-72(67)101-73/h8-10,17-18,24-25,52,55-56,59-61,63-64,66,70-71,74-75,77-79,86-87,101,108,114-115,119H,11-16,19-23,26-51,53-54,57-58,94H2,1-7H3,(H,96,111)(H,97,110)(H,98,112)(H2,95,99,100)/b10-8?,17-9+,62-18?,65-52+/t61-,63-,64-,66+,70+,71-,74+,75+,77+,78+,79-,86-,87+,93-/m1/s1. The third-order valence-electron chi connectivity index (χ3n) is 24.1. The van der Waals surface area contributed by atoms with E-state index in [0.29, 0.717) is 211 Å². The average molecular weight is 1840 g/mol. The van der Waals surface area contributed by atoms with Crippen molar-refractivity contribution in [1.82, 2.24) is 60.6 Å². The van der Waals surface area contributed by atoms with Crippen LogP contribution in [0.3, 0.4) is 0 Å². The highest BCUT2D eigenvalue weighted by Gasteiger charge is 2.50. The van der Waals surface area contributed by atoms with Gasteiger partial charge in [-0.25, -0.2) is 24.1 Å². The number of benzene rings is 1. The normalized spacial score (nSPS) is 24.8. The smallest absolute Gasteiger partial charge is 0.329 e. The van der Waals surface area contributed by atoms with E-state index < -0.39 is 89.5 Å². The number of unbranched alkanes of at least 4 members (excludes halogenated alkanes) is 1. The number of hydrogen-bond acceptors (Lipinski definition) is 31. The van der Waals surface area contributed by atoms with E-state index in [-0.39, 0.29) is 124 Å². The molecule has 2 saturated heterocycles. The fraction of sp³-hybridized carbons (Fsp3) is 0.667. The molecule has 38 heteroatoms. The summed E-state index contributed by atoms with van der Waals surface area (Å²) in [5.74, 6) is -8.19. The van der Waals surface area contributed by atoms with Gasteiger partial charge in [0.2, 0.25) is 23.5 Å². The number of nitrogens with one attached hydrogen (secondary N) is 4. The third-order valence-corrected chi connectivity index (χ3v) is 24.1. The zero-order chi connectivity index (χ0) is 94.0. The monoisotopic (exact) mass is 1840 g/mol. The lowest BCUT2D eigenvalue weighted by atomic mass is 9.79. The summed E-state index contributed by atoms with van der Waals surface area (Å²) in [6, 6.07) is 4.61. The molecule has 726 valence electrons. The molecule has 1 saturated carbocycles. The number of nitrogens with two attached hydrogens (primary N) is 2. The quantitative estimate of drug-likeness (QED) is 0.00912. The fourth-order valence-electron chi connectivity index (χ4n) is 16.7. The number of nitrogens with zero attached hydrogens (tertiary/aromatic N) is 8. The van der Waals surface area contributed by atoms with Gasteiger partial charge in [-0.3, -0.25) is 33.6 Å². The number of cyclic esters (lactones) is 1. The van der Waals surface area contributed by atoms with E-state index in [1.165, 1.54) is 19.3 Å². The number of hydrogen-bond donors (Lipinski definition) is 10. The van der Waals surface area contributed by atoms with Crippen LogP contribution in [0.2, 0.25) is 0 Å². The lowest BCUT2D eigenvalue weighted by Crippen LogP contribution is -2.58. The first-order valence-corrected chi connectivity index (χ1v) is 46.3. The van der Waals surface area contributed by atoms with Crippen molar-refractivity contribution in [2.24, 2.45) is 29.4 Å². The molecule has 2 bridgehead atoms. The number of rotatable bonds is 46. The molecule has 3 fully saturated rings. The zero-order valence-electron chi connectivity index (χ0n) is 77.1. The molecule has 1 aromatic carbocycles. The number of ether oxygens (including phenoxy) is 12. The van der Waals surface area contributed by atoms with E-state index in [0.717, 1.165) is 39.9 Å². The molecule has 0 unspecified atom stereocenters. The number of methoxy groups -OCH3 is 2. The average Bonchev–Trinajstić information content (AvgIpc) is 1.59. The predicted molar refractivity (Wildman–Crippen MR) is 483 cm³/mol. The zero-order valence-corrected chi connectivity index (χ0v) is 77.1. The molecule has 131 heavy (non-hydrogen) atoms. The van der Waals surface area contributed by atoms with Gasteiger partial charge in [0.1, 0.15) is 53.7 Å². The number of phenolic OH excluding ortho intramolecular Hbond substituents is 1. The van der Waals surface area contributed by atoms with Gasteiger partial charge >= 0.3 is 5.97 Å². The minimum Gasteiger partial charge on any atom is -0.508 e. The van der Waals surface area contributed by atoms with E-state index in [4.69, 9.17) is 73.4 Å². The van der Waals surface area contributed by atoms with Gasteiger partial charge in [-0.2, -0.15) is 5.10 Å². The van der Waals surface area contributed by atoms with Crippen molar-refractivity contribution in [1.29, 1.82) is 0 Å². The SMILES string of the molecule is CO[C@H]1C[C@@H]2CCC[C@@](O)(O2)C(=O)C(=O)N2CCCC[C@H]2C(=O)O[C@H]([C@H](N)C[C@@H]2CC[C@H](n3cc(CCCC(=O)NCCOCCOCCOCCOCCC(=O)NCCOCCOCCOCCOCCC(=O)NCCCCn4nc(-c5cc6cc(O)ccc6[nH]5)c5c(N)ncnc54)nn3)[C@H](OC)C2)CC(=O)[C@H](C)/C=C(\C)[C@@H](O)[C@@H](O)C(=O)[C@H](C)C[C@H](C)/C=C/C=CC=C1C. The number of carbonyl (C=O) groups is 8. The van der Waals surface area contributed by atoms with E-state index in [9.17, 15) is 58.8 Å². The Balaban J connectivity index is 0.569. The molecule has 1 aliphatic carbocycles. The number of aliphatic hydroxyl groups excluding tert-OH is 2. The van der Waals surface area contributed by atoms with Crippen molar-refractivity contribution in [3.63, 3.8) is 0 Å². The largest absolute Gasteiger partial charge is 0.508 e. The Morgan fingerprint density at radius 1 is 0.695 bits per heavy atom. The van der Waals surface area contributed by atoms with Crippen molar-refractivity contribution in [2.45, 2.75) is 230 Å². The van der Waals surface area contributed by atoms with Crippen molar-refractivity contribution in [2.75, 3.05) is 152 Å². The minimum absolute atomic E-state index is 0.0137. The number of phenols is 1. The van der Waals surface area contributed by atoms with Crippen molar-refractivity contribution in [3.05, 3.63) is 90.1 Å². The molecule has 9 rings (SSSR count). The number of amides is 4. The van der Waals surface area contributed by atoms with E-state index in [2.05, 4.69) is 41.2 Å². The van der Waals surface area contributed by atoms with Gasteiger partial charge in [-0.05, 0) is 151 Å². The second-order valence-electron chi connectivity index (χ2n) is 34.3. The van der Waals surface area contributed by atoms with Crippen molar-refractivity contribution < 1.29 is 116 Å². The van der Waals surface area contributed by atoms with Crippen LogP contribution >= 0.6 is 0 Å². The van der Waals surface area contributed by atoms with E-state index >= 15 is 0 Å². The van der Waals surface area contributed by atoms with Gasteiger partial charge in [0, 0.05) is 120 Å². The van der Waals surface area contributed by atoms with Crippen LogP contribution in [0, 0.1) is 23.7 Å². The highest BCUT2D eigenvalue weighted by Crippen LogP contribution is 2.39. The highest BCUT2D eigenvalue weighted by molar-refractivity contribution is 6.39. The lowest BCUT2D eigenvalue weighted by Gasteiger charge is -2.40. The maximum absolute atomic E-state index is 14.7. The second-order valence-corrected chi connectivity index (χ2v) is 34.3. The summed E-state index contributed by atoms with van der Waals surface area (Å²) < 4.78 is 72.4. The molecule has 0 radical (unpaired) electrons. The fourth-order valence-corrected chi connectivity index (χ4v) is 16.7. The number of aromatic nitrogens is 8. The number of ketones is 3. The third kappa shape index (κ3) is 34.3. The number of nitrogen functional groups attached to an aromatic ring is 1. The number of H-pyrrole nitrogens is 1. The summed E-state index contributed by atoms with van der Waals surface area (Å²) in [5.41, 5.74) is 17.9. The molecule has 4 aromatic heterocycles. The van der Waals surface area contributed by atoms with Crippen LogP contribution in [0.1, 0.15) is 168 Å². The molecule has 4 aliphatic rings. The second kappa shape index (κ2) is 56.1. The van der Waals surface area contributed by atoms with Gasteiger partial charge in [-0.15, -0.1) is 5.10 Å². The number of aromatic amines is 1. The molecule has 12 N–H and O–H groups in total. The van der Waals surface area contributed by atoms with Crippen LogP contribution in [-0.2, 0) is 108 Å². The first-order chi connectivity index (χ1) is 63.2. The number of aromatic hydroxyl groups is 1. The summed E-state index contributed by atoms with van der Waals surface area (Å²) in [5, 5.41) is 68.1. The summed E-state index contributed by atoms with van der Waals surface area (Å²) >= 11 is 0. The summed E-state index contributed by atoms with van der Waals surface area (Å²) in [7, 11) is 3.16. The number of aryl methyl sites for hydroxylation is 2. The minimum atomic E-state index is -2.46. The molecule has 14 atom stereocenters. The topological polar surface area (TPSA) is 510 Å². The molecule has 4 amide bonds. The van der Waals surface area contributed by atoms with Gasteiger partial charge in [-0.1, -0.05) is 62.4 Å². The number of anilines is 1.